The van der Waals surface area contributed by atoms with Crippen LogP contribution in [0.4, 0.5) is 17.6 Å². The zero-order chi connectivity index (χ0) is 24.1. The third kappa shape index (κ3) is 7.08. The van der Waals surface area contributed by atoms with Crippen molar-refractivity contribution in [1.82, 2.24) is 14.9 Å². The fraction of sp³-hybridized carbons (Fsp3) is 0.652. The largest absolute Gasteiger partial charge is 0.493 e. The van der Waals surface area contributed by atoms with Gasteiger partial charge in [-0.3, -0.25) is 4.79 Å². The molecule has 34 heavy (non-hydrogen) atoms. The van der Waals surface area contributed by atoms with Crippen LogP contribution in [0.15, 0.2) is 16.9 Å². The third-order valence-electron chi connectivity index (χ3n) is 6.31. The highest BCUT2D eigenvalue weighted by Gasteiger charge is 2.29. The average Bonchev–Trinajstić information content (AvgIpc) is 2.80. The molecule has 2 aliphatic rings. The molecule has 0 spiro atoms. The van der Waals surface area contributed by atoms with Crippen LogP contribution in [0.2, 0.25) is 0 Å². The standard InChI is InChI=1S/C23H29F4N3O3S/c24-18-11-16(33-13-15-1-6-30(7-2-15)8-5-23(25,26)27)12-19-21(18)22(31)29-20(28-19)14-34-17-3-9-32-10-4-17/h11-12,15,17H,1-10,13-14H2,(H,28,29,31). The van der Waals surface area contributed by atoms with Crippen molar-refractivity contribution in [1.29, 1.82) is 0 Å². The van der Waals surface area contributed by atoms with E-state index in [4.69, 9.17) is 9.47 Å². The Kier molecular flexibility index (Phi) is 8.36. The number of fused-ring (bicyclic) bond motifs is 1. The normalized spacial score (nSPS) is 19.1. The summed E-state index contributed by atoms with van der Waals surface area (Å²) >= 11 is 1.71. The lowest BCUT2D eigenvalue weighted by Gasteiger charge is -2.32. The summed E-state index contributed by atoms with van der Waals surface area (Å²) < 4.78 is 63.1. The molecule has 0 amide bonds. The number of hydrogen-bond donors (Lipinski definition) is 1. The number of aromatic amines is 1. The third-order valence-corrected chi connectivity index (χ3v) is 7.69. The number of nitrogens with one attached hydrogen (secondary N) is 1. The Morgan fingerprint density at radius 3 is 2.62 bits per heavy atom. The quantitative estimate of drug-likeness (QED) is 0.535. The highest BCUT2D eigenvalue weighted by atomic mass is 32.2. The van der Waals surface area contributed by atoms with Gasteiger partial charge in [-0.1, -0.05) is 0 Å². The molecule has 0 radical (unpaired) electrons. The number of piperidine rings is 1. The van der Waals surface area contributed by atoms with Crippen molar-refractivity contribution >= 4 is 22.7 Å². The maximum atomic E-state index is 14.7. The Hall–Kier alpha value is -1.85. The molecule has 1 aromatic carbocycles. The number of likely N-dealkylation sites (tertiary alicyclic amines) is 1. The number of rotatable bonds is 8. The van der Waals surface area contributed by atoms with Crippen molar-refractivity contribution in [3.05, 3.63) is 34.1 Å². The van der Waals surface area contributed by atoms with Gasteiger partial charge in [0.15, 0.2) is 0 Å². The van der Waals surface area contributed by atoms with Crippen molar-refractivity contribution in [3.63, 3.8) is 0 Å². The van der Waals surface area contributed by atoms with Crippen molar-refractivity contribution in [3.8, 4) is 5.75 Å². The second kappa shape index (κ2) is 11.3. The van der Waals surface area contributed by atoms with Crippen LogP contribution in [0, 0.1) is 11.7 Å². The van der Waals surface area contributed by atoms with Gasteiger partial charge in [-0.05, 0) is 44.7 Å². The fourth-order valence-corrected chi connectivity index (χ4v) is 5.37. The van der Waals surface area contributed by atoms with E-state index in [1.165, 1.54) is 6.07 Å². The van der Waals surface area contributed by atoms with Crippen LogP contribution in [0.1, 0.15) is 37.9 Å². The number of H-pyrrole nitrogens is 1. The molecule has 3 heterocycles. The van der Waals surface area contributed by atoms with Gasteiger partial charge in [-0.2, -0.15) is 24.9 Å². The minimum atomic E-state index is -4.14. The first-order valence-electron chi connectivity index (χ1n) is 11.6. The van der Waals surface area contributed by atoms with Crippen LogP contribution in [-0.4, -0.2) is 65.7 Å². The number of benzene rings is 1. The second-order valence-electron chi connectivity index (χ2n) is 8.90. The average molecular weight is 504 g/mol. The van der Waals surface area contributed by atoms with Crippen molar-refractivity contribution in [2.45, 2.75) is 49.3 Å². The van der Waals surface area contributed by atoms with Crippen LogP contribution in [0.5, 0.6) is 5.75 Å². The van der Waals surface area contributed by atoms with Gasteiger partial charge in [-0.15, -0.1) is 0 Å². The molecule has 0 aliphatic carbocycles. The van der Waals surface area contributed by atoms with Gasteiger partial charge in [0.1, 0.15) is 22.8 Å². The van der Waals surface area contributed by atoms with Gasteiger partial charge < -0.3 is 19.4 Å². The lowest BCUT2D eigenvalue weighted by Crippen LogP contribution is -2.37. The van der Waals surface area contributed by atoms with Gasteiger partial charge in [-0.25, -0.2) is 9.37 Å². The van der Waals surface area contributed by atoms with E-state index in [9.17, 15) is 22.4 Å². The van der Waals surface area contributed by atoms with E-state index in [-0.39, 0.29) is 23.4 Å². The highest BCUT2D eigenvalue weighted by molar-refractivity contribution is 7.99. The molecule has 0 bridgehead atoms. The Labute approximate surface area is 199 Å². The molecular weight excluding hydrogens is 474 g/mol. The topological polar surface area (TPSA) is 67.5 Å². The summed E-state index contributed by atoms with van der Waals surface area (Å²) in [5, 5.41) is 0.353. The lowest BCUT2D eigenvalue weighted by atomic mass is 9.97. The minimum Gasteiger partial charge on any atom is -0.493 e. The summed E-state index contributed by atoms with van der Waals surface area (Å²) in [4.78, 5) is 21.4. The Morgan fingerprint density at radius 1 is 1.18 bits per heavy atom. The number of halogens is 4. The molecule has 2 aromatic rings. The molecule has 188 valence electrons. The van der Waals surface area contributed by atoms with Gasteiger partial charge in [0.2, 0.25) is 0 Å². The van der Waals surface area contributed by atoms with Crippen LogP contribution >= 0.6 is 11.8 Å². The fourth-order valence-electron chi connectivity index (χ4n) is 4.31. The van der Waals surface area contributed by atoms with E-state index >= 15 is 0 Å². The number of aromatic nitrogens is 2. The number of hydrogen-bond acceptors (Lipinski definition) is 6. The Balaban J connectivity index is 1.34. The Bertz CT molecular complexity index is 1020. The monoisotopic (exact) mass is 503 g/mol. The van der Waals surface area contributed by atoms with Crippen molar-refractivity contribution < 1.29 is 27.0 Å². The molecule has 2 aliphatic heterocycles. The maximum absolute atomic E-state index is 14.7. The summed E-state index contributed by atoms with van der Waals surface area (Å²) in [6.07, 6.45) is -1.59. The van der Waals surface area contributed by atoms with Crippen LogP contribution in [-0.2, 0) is 10.5 Å². The zero-order valence-corrected chi connectivity index (χ0v) is 19.7. The molecule has 1 N–H and O–H groups in total. The maximum Gasteiger partial charge on any atom is 0.390 e. The molecule has 6 nitrogen and oxygen atoms in total. The van der Waals surface area contributed by atoms with E-state index in [0.717, 1.165) is 38.9 Å². The molecular formula is C23H29F4N3O3S. The predicted octanol–water partition coefficient (Wildman–Crippen LogP) is 4.52. The van der Waals surface area contributed by atoms with Crippen molar-refractivity contribution in [2.24, 2.45) is 5.92 Å². The first-order chi connectivity index (χ1) is 16.3. The molecule has 0 saturated carbocycles. The molecule has 0 unspecified atom stereocenters. The van der Waals surface area contributed by atoms with E-state index < -0.39 is 24.0 Å². The van der Waals surface area contributed by atoms with E-state index in [1.807, 2.05) is 4.90 Å². The van der Waals surface area contributed by atoms with Gasteiger partial charge in [0.05, 0.1) is 24.3 Å². The lowest BCUT2D eigenvalue weighted by molar-refractivity contribution is -0.138. The molecule has 4 rings (SSSR count). The van der Waals surface area contributed by atoms with E-state index in [2.05, 4.69) is 9.97 Å². The second-order valence-corrected chi connectivity index (χ2v) is 10.2. The number of nitrogens with zero attached hydrogens (tertiary/aromatic N) is 2. The summed E-state index contributed by atoms with van der Waals surface area (Å²) in [6.45, 7) is 2.99. The molecule has 2 fully saturated rings. The first-order valence-corrected chi connectivity index (χ1v) is 12.7. The van der Waals surface area contributed by atoms with E-state index in [0.29, 0.717) is 42.3 Å². The SMILES string of the molecule is O=c1[nH]c(CSC2CCOCC2)nc2cc(OCC3CCN(CCC(F)(F)F)CC3)cc(F)c12. The molecule has 0 atom stereocenters. The smallest absolute Gasteiger partial charge is 0.390 e. The molecule has 2 saturated heterocycles. The minimum absolute atomic E-state index is 0.0162. The van der Waals surface area contributed by atoms with Crippen LogP contribution < -0.4 is 10.3 Å². The Morgan fingerprint density at radius 2 is 1.91 bits per heavy atom. The van der Waals surface area contributed by atoms with Crippen LogP contribution in [0.3, 0.4) is 0 Å². The van der Waals surface area contributed by atoms with Crippen molar-refractivity contribution in [2.75, 3.05) is 39.5 Å². The predicted molar refractivity (Wildman–Crippen MR) is 123 cm³/mol. The molecule has 11 heteroatoms. The van der Waals surface area contributed by atoms with E-state index in [1.54, 1.807) is 17.8 Å². The van der Waals surface area contributed by atoms with Gasteiger partial charge >= 0.3 is 6.18 Å². The highest BCUT2D eigenvalue weighted by Crippen LogP contribution is 2.27. The number of alkyl halides is 3. The summed E-state index contributed by atoms with van der Waals surface area (Å²) in [6, 6.07) is 2.77. The molecule has 1 aromatic heterocycles. The van der Waals surface area contributed by atoms with Gasteiger partial charge in [0, 0.05) is 37.1 Å². The summed E-state index contributed by atoms with van der Waals surface area (Å²) in [5.41, 5.74) is -0.258. The number of ether oxygens (including phenoxy) is 2. The summed E-state index contributed by atoms with van der Waals surface area (Å²) in [5.74, 6) is 0.809. The first kappa shape index (κ1) is 25.2. The summed E-state index contributed by atoms with van der Waals surface area (Å²) in [7, 11) is 0. The number of thioether (sulfide) groups is 1. The zero-order valence-electron chi connectivity index (χ0n) is 18.8. The van der Waals surface area contributed by atoms with Crippen LogP contribution in [0.25, 0.3) is 10.9 Å². The van der Waals surface area contributed by atoms with Gasteiger partial charge in [0.25, 0.3) is 5.56 Å².